The molecule has 0 radical (unpaired) electrons. The van der Waals surface area contributed by atoms with E-state index in [9.17, 15) is 9.18 Å². The van der Waals surface area contributed by atoms with Crippen molar-refractivity contribution < 1.29 is 13.9 Å². The Bertz CT molecular complexity index is 981. The van der Waals surface area contributed by atoms with E-state index in [0.717, 1.165) is 22.4 Å². The van der Waals surface area contributed by atoms with Crippen molar-refractivity contribution in [2.75, 3.05) is 11.9 Å². The lowest BCUT2D eigenvalue weighted by Gasteiger charge is -2.12. The summed E-state index contributed by atoms with van der Waals surface area (Å²) in [7, 11) is 0. The molecule has 1 atom stereocenters. The van der Waals surface area contributed by atoms with Crippen molar-refractivity contribution in [2.45, 2.75) is 19.0 Å². The van der Waals surface area contributed by atoms with Crippen molar-refractivity contribution in [1.82, 2.24) is 9.55 Å². The van der Waals surface area contributed by atoms with Crippen LogP contribution in [-0.4, -0.2) is 28.2 Å². The molecule has 1 saturated heterocycles. The number of carbonyl (C=O) groups excluding carboxylic acids is 1. The van der Waals surface area contributed by atoms with Crippen LogP contribution in [0.5, 0.6) is 0 Å². The molecule has 1 aliphatic rings. The Labute approximate surface area is 162 Å². The second-order valence-corrected chi connectivity index (χ2v) is 6.69. The molecule has 1 aromatic heterocycles. The normalized spacial score (nSPS) is 16.8. The van der Waals surface area contributed by atoms with Crippen molar-refractivity contribution >= 4 is 23.3 Å². The SMILES string of the molecule is O=C1OCC[C@@H]1Nc1cccc(/C=C(/Cn2ccnc2)c2ccc(F)cc2)c1. The minimum Gasteiger partial charge on any atom is -0.464 e. The Morgan fingerprint density at radius 3 is 2.86 bits per heavy atom. The minimum absolute atomic E-state index is 0.215. The zero-order valence-electron chi connectivity index (χ0n) is 15.2. The molecule has 5 nitrogen and oxygen atoms in total. The Morgan fingerprint density at radius 1 is 1.29 bits per heavy atom. The lowest BCUT2D eigenvalue weighted by molar-refractivity contribution is -0.138. The molecule has 28 heavy (non-hydrogen) atoms. The summed E-state index contributed by atoms with van der Waals surface area (Å²) >= 11 is 0. The molecule has 1 N–H and O–H groups in total. The van der Waals surface area contributed by atoms with E-state index in [-0.39, 0.29) is 17.8 Å². The van der Waals surface area contributed by atoms with Gasteiger partial charge in [-0.1, -0.05) is 24.3 Å². The number of rotatable bonds is 6. The van der Waals surface area contributed by atoms with Gasteiger partial charge >= 0.3 is 5.97 Å². The van der Waals surface area contributed by atoms with Gasteiger partial charge in [0.05, 0.1) is 12.9 Å². The van der Waals surface area contributed by atoms with Gasteiger partial charge in [0.2, 0.25) is 0 Å². The first-order valence-corrected chi connectivity index (χ1v) is 9.13. The quantitative estimate of drug-likeness (QED) is 0.521. The van der Waals surface area contributed by atoms with E-state index in [2.05, 4.69) is 16.4 Å². The van der Waals surface area contributed by atoms with Crippen molar-refractivity contribution in [1.29, 1.82) is 0 Å². The molecule has 0 bridgehead atoms. The molecule has 0 spiro atoms. The van der Waals surface area contributed by atoms with Gasteiger partial charge < -0.3 is 14.6 Å². The second kappa shape index (κ2) is 8.08. The van der Waals surface area contributed by atoms with Crippen molar-refractivity contribution in [3.63, 3.8) is 0 Å². The van der Waals surface area contributed by atoms with Gasteiger partial charge in [0.15, 0.2) is 0 Å². The molecule has 0 saturated carbocycles. The van der Waals surface area contributed by atoms with Crippen LogP contribution < -0.4 is 5.32 Å². The molecule has 2 heterocycles. The maximum Gasteiger partial charge on any atom is 0.328 e. The highest BCUT2D eigenvalue weighted by atomic mass is 19.1. The average molecular weight is 377 g/mol. The standard InChI is InChI=1S/C22H20FN3O2/c23-19-6-4-17(5-7-19)18(14-26-10-9-24-15-26)12-16-2-1-3-20(13-16)25-21-8-11-28-22(21)27/h1-7,9-10,12-13,15,21,25H,8,11,14H2/b18-12-/t21-/m0/s1. The first-order valence-electron chi connectivity index (χ1n) is 9.13. The van der Waals surface area contributed by atoms with Gasteiger partial charge in [0.25, 0.3) is 0 Å². The van der Waals surface area contributed by atoms with Crippen LogP contribution in [0, 0.1) is 5.82 Å². The Morgan fingerprint density at radius 2 is 2.14 bits per heavy atom. The first kappa shape index (κ1) is 18.0. The number of halogens is 1. The van der Waals surface area contributed by atoms with Crippen LogP contribution in [0.2, 0.25) is 0 Å². The maximum atomic E-state index is 13.4. The van der Waals surface area contributed by atoms with Crippen LogP contribution in [0.1, 0.15) is 17.5 Å². The third kappa shape index (κ3) is 4.28. The Hall–Kier alpha value is -3.41. The number of anilines is 1. The predicted octanol–water partition coefficient (Wildman–Crippen LogP) is 3.99. The molecule has 1 fully saturated rings. The van der Waals surface area contributed by atoms with Crippen LogP contribution in [-0.2, 0) is 16.1 Å². The number of esters is 1. The summed E-state index contributed by atoms with van der Waals surface area (Å²) in [6.07, 6.45) is 8.10. The fourth-order valence-electron chi connectivity index (χ4n) is 3.21. The summed E-state index contributed by atoms with van der Waals surface area (Å²) in [5, 5.41) is 3.23. The number of aromatic nitrogens is 2. The smallest absolute Gasteiger partial charge is 0.328 e. The van der Waals surface area contributed by atoms with Crippen LogP contribution in [0.4, 0.5) is 10.1 Å². The summed E-state index contributed by atoms with van der Waals surface area (Å²) in [6.45, 7) is 1.06. The number of hydrogen-bond acceptors (Lipinski definition) is 4. The van der Waals surface area contributed by atoms with E-state index in [1.165, 1.54) is 12.1 Å². The number of cyclic esters (lactones) is 1. The van der Waals surface area contributed by atoms with E-state index < -0.39 is 0 Å². The van der Waals surface area contributed by atoms with E-state index in [1.807, 2.05) is 35.0 Å². The molecule has 0 unspecified atom stereocenters. The van der Waals surface area contributed by atoms with Crippen molar-refractivity contribution in [3.8, 4) is 0 Å². The number of hydrogen-bond donors (Lipinski definition) is 1. The topological polar surface area (TPSA) is 56.1 Å². The molecule has 6 heteroatoms. The van der Waals surface area contributed by atoms with Gasteiger partial charge in [-0.2, -0.15) is 0 Å². The van der Waals surface area contributed by atoms with E-state index in [0.29, 0.717) is 19.6 Å². The fourth-order valence-corrected chi connectivity index (χ4v) is 3.21. The predicted molar refractivity (Wildman–Crippen MR) is 106 cm³/mol. The van der Waals surface area contributed by atoms with Crippen LogP contribution >= 0.6 is 0 Å². The third-order valence-corrected chi connectivity index (χ3v) is 4.63. The molecular formula is C22H20FN3O2. The summed E-state index contributed by atoms with van der Waals surface area (Å²) in [4.78, 5) is 15.8. The van der Waals surface area contributed by atoms with Gasteiger partial charge in [-0.25, -0.2) is 14.2 Å². The summed E-state index contributed by atoms with van der Waals surface area (Å²) < 4.78 is 20.3. The molecule has 3 aromatic rings. The number of ether oxygens (including phenoxy) is 1. The molecular weight excluding hydrogens is 357 g/mol. The number of carbonyl (C=O) groups is 1. The van der Waals surface area contributed by atoms with Gasteiger partial charge in [-0.05, 0) is 47.0 Å². The highest BCUT2D eigenvalue weighted by molar-refractivity contribution is 5.83. The van der Waals surface area contributed by atoms with Crippen LogP contribution in [0.25, 0.3) is 11.6 Å². The van der Waals surface area contributed by atoms with E-state index >= 15 is 0 Å². The number of imidazole rings is 1. The van der Waals surface area contributed by atoms with Crippen molar-refractivity contribution in [3.05, 3.63) is 84.2 Å². The molecule has 142 valence electrons. The Kier molecular flexibility index (Phi) is 5.19. The monoisotopic (exact) mass is 377 g/mol. The van der Waals surface area contributed by atoms with Crippen LogP contribution in [0.3, 0.4) is 0 Å². The molecule has 4 rings (SSSR count). The molecule has 0 aliphatic carbocycles. The number of benzene rings is 2. The first-order chi connectivity index (χ1) is 13.7. The zero-order valence-corrected chi connectivity index (χ0v) is 15.2. The average Bonchev–Trinajstić information content (AvgIpc) is 3.34. The fraction of sp³-hybridized carbons (Fsp3) is 0.182. The van der Waals surface area contributed by atoms with E-state index in [4.69, 9.17) is 4.74 Å². The van der Waals surface area contributed by atoms with Gasteiger partial charge in [0.1, 0.15) is 11.9 Å². The summed E-state index contributed by atoms with van der Waals surface area (Å²) in [5.41, 5.74) is 3.80. The largest absolute Gasteiger partial charge is 0.464 e. The number of allylic oxidation sites excluding steroid dienone is 1. The van der Waals surface area contributed by atoms with E-state index in [1.54, 1.807) is 24.7 Å². The maximum absolute atomic E-state index is 13.4. The summed E-state index contributed by atoms with van der Waals surface area (Å²) in [5.74, 6) is -0.478. The second-order valence-electron chi connectivity index (χ2n) is 6.69. The van der Waals surface area contributed by atoms with Gasteiger partial charge in [-0.15, -0.1) is 0 Å². The molecule has 2 aromatic carbocycles. The number of nitrogens with zero attached hydrogens (tertiary/aromatic N) is 2. The van der Waals surface area contributed by atoms with Gasteiger partial charge in [-0.3, -0.25) is 0 Å². The number of nitrogens with one attached hydrogen (secondary N) is 1. The van der Waals surface area contributed by atoms with Crippen LogP contribution in [0.15, 0.2) is 67.3 Å². The highest BCUT2D eigenvalue weighted by Crippen LogP contribution is 2.23. The lowest BCUT2D eigenvalue weighted by atomic mass is 10.0. The summed E-state index contributed by atoms with van der Waals surface area (Å²) in [6, 6.07) is 14.0. The third-order valence-electron chi connectivity index (χ3n) is 4.63. The lowest BCUT2D eigenvalue weighted by Crippen LogP contribution is -2.24. The van der Waals surface area contributed by atoms with Crippen molar-refractivity contribution in [2.24, 2.45) is 0 Å². The highest BCUT2D eigenvalue weighted by Gasteiger charge is 2.26. The van der Waals surface area contributed by atoms with Gasteiger partial charge in [0, 0.05) is 31.0 Å². The Balaban J connectivity index is 1.62. The minimum atomic E-state index is -0.304. The zero-order chi connectivity index (χ0) is 19.3. The molecule has 0 amide bonds. The molecule has 1 aliphatic heterocycles.